The standard InChI is InChI=1S/C14H9Cl2N3O2/c1-21-11-6-5-10-13(14(20)17-7-19(10)18-11)12-8(15)3-2-4-9(12)16/h2-7H,1H3. The van der Waals surface area contributed by atoms with Gasteiger partial charge in [0.1, 0.15) is 6.33 Å². The van der Waals surface area contributed by atoms with Crippen LogP contribution in [-0.2, 0) is 0 Å². The van der Waals surface area contributed by atoms with Crippen molar-refractivity contribution in [3.63, 3.8) is 0 Å². The number of aromatic nitrogens is 3. The molecule has 0 aliphatic rings. The highest BCUT2D eigenvalue weighted by atomic mass is 35.5. The molecule has 0 aliphatic carbocycles. The quantitative estimate of drug-likeness (QED) is 0.727. The monoisotopic (exact) mass is 321 g/mol. The van der Waals surface area contributed by atoms with E-state index in [0.717, 1.165) is 0 Å². The van der Waals surface area contributed by atoms with E-state index in [-0.39, 0.29) is 0 Å². The molecule has 3 rings (SSSR count). The van der Waals surface area contributed by atoms with Gasteiger partial charge in [0.2, 0.25) is 5.88 Å². The predicted octanol–water partition coefficient (Wildman–Crippen LogP) is 3.07. The Labute approximate surface area is 129 Å². The molecule has 0 radical (unpaired) electrons. The molecular formula is C14H9Cl2N3O2. The lowest BCUT2D eigenvalue weighted by atomic mass is 10.1. The Kier molecular flexibility index (Phi) is 3.53. The summed E-state index contributed by atoms with van der Waals surface area (Å²) < 4.78 is 6.51. The minimum atomic E-state index is -0.419. The molecule has 0 aliphatic heterocycles. The van der Waals surface area contributed by atoms with Gasteiger partial charge in [0.05, 0.1) is 28.2 Å². The SMILES string of the molecule is COc1ccc2c(-c3c(Cl)cccc3Cl)c(=O)ncn2n1. The van der Waals surface area contributed by atoms with Crippen LogP contribution >= 0.6 is 23.2 Å². The molecule has 0 atom stereocenters. The minimum absolute atomic E-state index is 0.309. The van der Waals surface area contributed by atoms with E-state index in [1.807, 2.05) is 0 Å². The number of hydrogen-bond donors (Lipinski definition) is 0. The summed E-state index contributed by atoms with van der Waals surface area (Å²) >= 11 is 12.4. The molecule has 0 spiro atoms. The Hall–Kier alpha value is -2.11. The molecule has 106 valence electrons. The van der Waals surface area contributed by atoms with Gasteiger partial charge in [0.25, 0.3) is 5.56 Å². The minimum Gasteiger partial charge on any atom is -0.480 e. The molecular weight excluding hydrogens is 313 g/mol. The van der Waals surface area contributed by atoms with Crippen LogP contribution in [0, 0.1) is 0 Å². The summed E-state index contributed by atoms with van der Waals surface area (Å²) in [7, 11) is 1.51. The van der Waals surface area contributed by atoms with Gasteiger partial charge in [-0.25, -0.2) is 4.52 Å². The number of fused-ring (bicyclic) bond motifs is 1. The highest BCUT2D eigenvalue weighted by Gasteiger charge is 2.16. The van der Waals surface area contributed by atoms with Crippen LogP contribution in [0.15, 0.2) is 41.5 Å². The van der Waals surface area contributed by atoms with Crippen molar-refractivity contribution in [2.24, 2.45) is 0 Å². The van der Waals surface area contributed by atoms with E-state index in [1.54, 1.807) is 30.3 Å². The van der Waals surface area contributed by atoms with Crippen molar-refractivity contribution in [3.05, 3.63) is 57.1 Å². The fourth-order valence-electron chi connectivity index (χ4n) is 2.07. The molecule has 21 heavy (non-hydrogen) atoms. The summed E-state index contributed by atoms with van der Waals surface area (Å²) in [6.07, 6.45) is 1.33. The summed E-state index contributed by atoms with van der Waals surface area (Å²) in [6, 6.07) is 8.42. The number of rotatable bonds is 2. The molecule has 0 amide bonds. The first-order valence-electron chi connectivity index (χ1n) is 5.99. The normalized spacial score (nSPS) is 10.8. The van der Waals surface area contributed by atoms with Crippen molar-refractivity contribution in [3.8, 4) is 17.0 Å². The lowest BCUT2D eigenvalue weighted by Crippen LogP contribution is -2.14. The van der Waals surface area contributed by atoms with Gasteiger partial charge in [-0.15, -0.1) is 5.10 Å². The predicted molar refractivity (Wildman–Crippen MR) is 81.3 cm³/mol. The molecule has 0 fully saturated rings. The molecule has 2 heterocycles. The first kappa shape index (κ1) is 13.9. The zero-order valence-corrected chi connectivity index (χ0v) is 12.4. The lowest BCUT2D eigenvalue weighted by Gasteiger charge is -2.10. The maximum Gasteiger partial charge on any atom is 0.281 e. The summed E-state index contributed by atoms with van der Waals surface area (Å²) in [5, 5.41) is 4.95. The third-order valence-electron chi connectivity index (χ3n) is 3.01. The van der Waals surface area contributed by atoms with Crippen molar-refractivity contribution >= 4 is 28.7 Å². The third-order valence-corrected chi connectivity index (χ3v) is 3.64. The van der Waals surface area contributed by atoms with Crippen LogP contribution in [0.5, 0.6) is 5.88 Å². The van der Waals surface area contributed by atoms with Crippen LogP contribution in [0.25, 0.3) is 16.6 Å². The lowest BCUT2D eigenvalue weighted by molar-refractivity contribution is 0.389. The van der Waals surface area contributed by atoms with Crippen molar-refractivity contribution in [2.75, 3.05) is 7.11 Å². The van der Waals surface area contributed by atoms with Crippen molar-refractivity contribution < 1.29 is 4.74 Å². The first-order valence-corrected chi connectivity index (χ1v) is 6.74. The Morgan fingerprint density at radius 2 is 1.81 bits per heavy atom. The molecule has 5 nitrogen and oxygen atoms in total. The molecule has 0 N–H and O–H groups in total. The topological polar surface area (TPSA) is 56.5 Å². The van der Waals surface area contributed by atoms with E-state index < -0.39 is 5.56 Å². The average Bonchev–Trinajstić information content (AvgIpc) is 2.48. The van der Waals surface area contributed by atoms with Gasteiger partial charge in [-0.2, -0.15) is 4.98 Å². The maximum atomic E-state index is 12.2. The number of nitrogens with zero attached hydrogens (tertiary/aromatic N) is 3. The van der Waals surface area contributed by atoms with Crippen LogP contribution in [-0.4, -0.2) is 21.7 Å². The second kappa shape index (κ2) is 5.35. The van der Waals surface area contributed by atoms with Gasteiger partial charge < -0.3 is 4.74 Å². The van der Waals surface area contributed by atoms with Crippen LogP contribution in [0.2, 0.25) is 10.0 Å². The van der Waals surface area contributed by atoms with Gasteiger partial charge in [0.15, 0.2) is 0 Å². The van der Waals surface area contributed by atoms with Crippen LogP contribution in [0.1, 0.15) is 0 Å². The molecule has 7 heteroatoms. The van der Waals surface area contributed by atoms with Crippen molar-refractivity contribution in [2.45, 2.75) is 0 Å². The third kappa shape index (κ3) is 2.34. The Bertz CT molecular complexity index is 873. The molecule has 2 aromatic heterocycles. The average molecular weight is 322 g/mol. The second-order valence-electron chi connectivity index (χ2n) is 4.23. The summed E-state index contributed by atoms with van der Waals surface area (Å²) in [5.41, 5.74) is 0.884. The Balaban J connectivity index is 2.42. The van der Waals surface area contributed by atoms with E-state index in [2.05, 4.69) is 10.1 Å². The Morgan fingerprint density at radius 1 is 1.10 bits per heavy atom. The number of hydrogen-bond acceptors (Lipinski definition) is 4. The van der Waals surface area contributed by atoms with Gasteiger partial charge in [-0.3, -0.25) is 4.79 Å². The zero-order chi connectivity index (χ0) is 15.0. The van der Waals surface area contributed by atoms with E-state index in [9.17, 15) is 4.79 Å². The summed E-state index contributed by atoms with van der Waals surface area (Å²) in [6.45, 7) is 0. The number of benzene rings is 1. The van der Waals surface area contributed by atoms with Gasteiger partial charge in [-0.1, -0.05) is 29.3 Å². The van der Waals surface area contributed by atoms with Gasteiger partial charge >= 0.3 is 0 Å². The molecule has 3 aromatic rings. The molecule has 0 saturated carbocycles. The van der Waals surface area contributed by atoms with E-state index in [0.29, 0.717) is 32.6 Å². The molecule has 1 aromatic carbocycles. The number of ether oxygens (including phenoxy) is 1. The summed E-state index contributed by atoms with van der Waals surface area (Å²) in [5.74, 6) is 0.407. The smallest absolute Gasteiger partial charge is 0.281 e. The van der Waals surface area contributed by atoms with Crippen molar-refractivity contribution in [1.29, 1.82) is 0 Å². The first-order chi connectivity index (χ1) is 10.1. The van der Waals surface area contributed by atoms with E-state index in [4.69, 9.17) is 27.9 Å². The van der Waals surface area contributed by atoms with E-state index >= 15 is 0 Å². The van der Waals surface area contributed by atoms with Crippen LogP contribution < -0.4 is 10.3 Å². The fourth-order valence-corrected chi connectivity index (χ4v) is 2.65. The number of halogens is 2. The fraction of sp³-hybridized carbons (Fsp3) is 0.0714. The second-order valence-corrected chi connectivity index (χ2v) is 5.04. The van der Waals surface area contributed by atoms with Gasteiger partial charge in [0, 0.05) is 11.6 Å². The highest BCUT2D eigenvalue weighted by molar-refractivity contribution is 6.39. The van der Waals surface area contributed by atoms with E-state index in [1.165, 1.54) is 18.0 Å². The molecule has 0 saturated heterocycles. The van der Waals surface area contributed by atoms with Crippen molar-refractivity contribution in [1.82, 2.24) is 14.6 Å². The molecule has 0 unspecified atom stereocenters. The Morgan fingerprint density at radius 3 is 2.48 bits per heavy atom. The van der Waals surface area contributed by atoms with Crippen LogP contribution in [0.3, 0.4) is 0 Å². The molecule has 0 bridgehead atoms. The van der Waals surface area contributed by atoms with Crippen LogP contribution in [0.4, 0.5) is 0 Å². The summed E-state index contributed by atoms with van der Waals surface area (Å²) in [4.78, 5) is 16.0. The largest absolute Gasteiger partial charge is 0.480 e. The zero-order valence-electron chi connectivity index (χ0n) is 10.9. The number of methoxy groups -OCH3 is 1. The maximum absolute atomic E-state index is 12.2. The highest BCUT2D eigenvalue weighted by Crippen LogP contribution is 2.34. The van der Waals surface area contributed by atoms with Gasteiger partial charge in [-0.05, 0) is 18.2 Å².